The molecule has 0 radical (unpaired) electrons. The highest BCUT2D eigenvalue weighted by Gasteiger charge is 2.30. The van der Waals surface area contributed by atoms with E-state index in [-0.39, 0.29) is 12.5 Å². The predicted molar refractivity (Wildman–Crippen MR) is 96.4 cm³/mol. The number of aliphatic hydroxyl groups excluding tert-OH is 1. The summed E-state index contributed by atoms with van der Waals surface area (Å²) in [6.45, 7) is 7.17. The number of hydrogen-bond donors (Lipinski definition) is 2. The molecule has 0 bridgehead atoms. The molecule has 2 aliphatic heterocycles. The number of amides is 1. The monoisotopic (exact) mass is 347 g/mol. The number of carbonyl (C=O) groups excluding carboxylic acids is 1. The summed E-state index contributed by atoms with van der Waals surface area (Å²) in [6.07, 6.45) is 5.21. The first kappa shape index (κ1) is 18.1. The van der Waals surface area contributed by atoms with Gasteiger partial charge in [0.05, 0.1) is 18.2 Å². The second-order valence-electron chi connectivity index (χ2n) is 6.86. The molecule has 1 aromatic rings. The number of aliphatic hydroxyl groups is 1. The third-order valence-electron chi connectivity index (χ3n) is 5.30. The van der Waals surface area contributed by atoms with Crippen molar-refractivity contribution in [2.75, 3.05) is 51.2 Å². The Hall–Kier alpha value is -1.73. The van der Waals surface area contributed by atoms with Crippen molar-refractivity contribution in [1.29, 1.82) is 0 Å². The zero-order valence-electron chi connectivity index (χ0n) is 15.1. The van der Waals surface area contributed by atoms with Crippen molar-refractivity contribution < 1.29 is 9.90 Å². The number of nitrogens with zero attached hydrogens (tertiary/aromatic N) is 4. The minimum Gasteiger partial charge on any atom is -0.395 e. The first-order chi connectivity index (χ1) is 12.2. The first-order valence-electron chi connectivity index (χ1n) is 9.41. The maximum atomic E-state index is 13.0. The average Bonchev–Trinajstić information content (AvgIpc) is 2.89. The van der Waals surface area contributed by atoms with E-state index >= 15 is 0 Å². The summed E-state index contributed by atoms with van der Waals surface area (Å²) in [6, 6.07) is 0. The summed E-state index contributed by atoms with van der Waals surface area (Å²) in [5.41, 5.74) is 2.11. The number of anilines is 1. The van der Waals surface area contributed by atoms with Crippen molar-refractivity contribution in [3.05, 3.63) is 17.6 Å². The Balaban J connectivity index is 1.66. The van der Waals surface area contributed by atoms with Gasteiger partial charge in [-0.2, -0.15) is 0 Å². The molecule has 0 aromatic carbocycles. The molecule has 7 nitrogen and oxygen atoms in total. The van der Waals surface area contributed by atoms with Crippen LogP contribution in [0, 0.1) is 5.92 Å². The number of aromatic nitrogens is 2. The quantitative estimate of drug-likeness (QED) is 0.809. The van der Waals surface area contributed by atoms with Crippen molar-refractivity contribution >= 4 is 11.7 Å². The molecule has 2 N–H and O–H groups in total. The molecule has 3 rings (SSSR count). The van der Waals surface area contributed by atoms with E-state index in [0.717, 1.165) is 75.5 Å². The Morgan fingerprint density at radius 3 is 2.96 bits per heavy atom. The largest absolute Gasteiger partial charge is 0.395 e. The van der Waals surface area contributed by atoms with E-state index in [9.17, 15) is 4.79 Å². The Labute approximate surface area is 149 Å². The van der Waals surface area contributed by atoms with Gasteiger partial charge in [-0.15, -0.1) is 0 Å². The van der Waals surface area contributed by atoms with E-state index in [0.29, 0.717) is 12.5 Å². The number of hydrogen-bond acceptors (Lipinski definition) is 6. The fraction of sp³-hybridized carbons (Fsp3) is 0.722. The standard InChI is InChI=1S/C18H29N5O2/c1-2-22-8-3-4-14(12-22)18(25)23-9-5-15-16(6-10-23)20-13-21-17(15)19-7-11-24/h13-14,24H,2-12H2,1H3,(H,19,20,21)/t14-/m0/s1. The van der Waals surface area contributed by atoms with Crippen molar-refractivity contribution in [2.24, 2.45) is 5.92 Å². The second kappa shape index (κ2) is 8.58. The number of fused-ring (bicyclic) bond motifs is 1. The van der Waals surface area contributed by atoms with Crippen molar-refractivity contribution in [2.45, 2.75) is 32.6 Å². The number of piperidine rings is 1. The molecule has 25 heavy (non-hydrogen) atoms. The topological polar surface area (TPSA) is 81.6 Å². The molecule has 0 spiro atoms. The Kier molecular flexibility index (Phi) is 6.20. The van der Waals surface area contributed by atoms with Crippen LogP contribution < -0.4 is 5.32 Å². The number of nitrogens with one attached hydrogen (secondary N) is 1. The lowest BCUT2D eigenvalue weighted by Gasteiger charge is -2.34. The SMILES string of the molecule is CCN1CCC[C@H](C(=O)N2CCc3ncnc(NCCO)c3CC2)C1. The third-order valence-corrected chi connectivity index (χ3v) is 5.30. The first-order valence-corrected chi connectivity index (χ1v) is 9.41. The molecule has 1 amide bonds. The van der Waals surface area contributed by atoms with Gasteiger partial charge in [0, 0.05) is 38.2 Å². The Morgan fingerprint density at radius 2 is 2.16 bits per heavy atom. The van der Waals surface area contributed by atoms with Crippen LogP contribution in [0.4, 0.5) is 5.82 Å². The van der Waals surface area contributed by atoms with Gasteiger partial charge >= 0.3 is 0 Å². The minimum absolute atomic E-state index is 0.0684. The molecule has 7 heteroatoms. The fourth-order valence-corrected chi connectivity index (χ4v) is 3.88. The number of rotatable bonds is 5. The van der Waals surface area contributed by atoms with Gasteiger partial charge < -0.3 is 20.2 Å². The molecule has 1 saturated heterocycles. The second-order valence-corrected chi connectivity index (χ2v) is 6.86. The van der Waals surface area contributed by atoms with Crippen LogP contribution in [0.3, 0.4) is 0 Å². The highest BCUT2D eigenvalue weighted by molar-refractivity contribution is 5.79. The normalized spacial score (nSPS) is 21.5. The smallest absolute Gasteiger partial charge is 0.226 e. The highest BCUT2D eigenvalue weighted by Crippen LogP contribution is 2.23. The molecular weight excluding hydrogens is 318 g/mol. The Morgan fingerprint density at radius 1 is 1.32 bits per heavy atom. The highest BCUT2D eigenvalue weighted by atomic mass is 16.3. The van der Waals surface area contributed by atoms with Crippen LogP contribution in [0.1, 0.15) is 31.0 Å². The van der Waals surface area contributed by atoms with Crippen LogP contribution in [-0.2, 0) is 17.6 Å². The molecule has 0 saturated carbocycles. The average molecular weight is 347 g/mol. The van der Waals surface area contributed by atoms with Crippen molar-refractivity contribution in [3.63, 3.8) is 0 Å². The predicted octanol–water partition coefficient (Wildman–Crippen LogP) is 0.540. The molecule has 0 unspecified atom stereocenters. The lowest BCUT2D eigenvalue weighted by molar-refractivity contribution is -0.137. The Bertz CT molecular complexity index is 595. The van der Waals surface area contributed by atoms with E-state index in [1.54, 1.807) is 6.33 Å². The molecule has 0 aliphatic carbocycles. The van der Waals surface area contributed by atoms with Gasteiger partial charge in [-0.1, -0.05) is 6.92 Å². The lowest BCUT2D eigenvalue weighted by atomic mass is 9.96. The van der Waals surface area contributed by atoms with Crippen molar-refractivity contribution in [3.8, 4) is 0 Å². The van der Waals surface area contributed by atoms with E-state index in [1.807, 2.05) is 4.90 Å². The molecule has 3 heterocycles. The van der Waals surface area contributed by atoms with E-state index in [1.165, 1.54) is 0 Å². The summed E-state index contributed by atoms with van der Waals surface area (Å²) in [7, 11) is 0. The van der Waals surface area contributed by atoms with Crippen molar-refractivity contribution in [1.82, 2.24) is 19.8 Å². The summed E-state index contributed by atoms with van der Waals surface area (Å²) < 4.78 is 0. The summed E-state index contributed by atoms with van der Waals surface area (Å²) >= 11 is 0. The minimum atomic E-state index is 0.0684. The van der Waals surface area contributed by atoms with Gasteiger partial charge in [0.15, 0.2) is 0 Å². The lowest BCUT2D eigenvalue weighted by Crippen LogP contribution is -2.45. The number of carbonyl (C=O) groups is 1. The van der Waals surface area contributed by atoms with E-state index in [4.69, 9.17) is 5.11 Å². The van der Waals surface area contributed by atoms with Crippen LogP contribution >= 0.6 is 0 Å². The van der Waals surface area contributed by atoms with Gasteiger partial charge in [0.2, 0.25) is 5.91 Å². The van der Waals surface area contributed by atoms with E-state index in [2.05, 4.69) is 27.1 Å². The zero-order chi connectivity index (χ0) is 17.6. The maximum Gasteiger partial charge on any atom is 0.226 e. The van der Waals surface area contributed by atoms with Crippen LogP contribution in [0.5, 0.6) is 0 Å². The van der Waals surface area contributed by atoms with Gasteiger partial charge in [-0.25, -0.2) is 9.97 Å². The molecule has 2 aliphatic rings. The number of likely N-dealkylation sites (tertiary alicyclic amines) is 1. The summed E-state index contributed by atoms with van der Waals surface area (Å²) in [5, 5.41) is 12.2. The molecule has 1 atom stereocenters. The van der Waals surface area contributed by atoms with Gasteiger partial charge in [0.1, 0.15) is 12.1 Å². The van der Waals surface area contributed by atoms with Gasteiger partial charge in [-0.05, 0) is 32.4 Å². The maximum absolute atomic E-state index is 13.0. The molecule has 1 fully saturated rings. The van der Waals surface area contributed by atoms with Crippen LogP contribution in [0.25, 0.3) is 0 Å². The molecular formula is C18H29N5O2. The summed E-state index contributed by atoms with van der Waals surface area (Å²) in [5.74, 6) is 1.22. The van der Waals surface area contributed by atoms with Gasteiger partial charge in [-0.3, -0.25) is 4.79 Å². The van der Waals surface area contributed by atoms with Crippen LogP contribution in [0.2, 0.25) is 0 Å². The van der Waals surface area contributed by atoms with E-state index < -0.39 is 0 Å². The molecule has 138 valence electrons. The zero-order valence-corrected chi connectivity index (χ0v) is 15.1. The molecule has 1 aromatic heterocycles. The van der Waals surface area contributed by atoms with Crippen LogP contribution in [0.15, 0.2) is 6.33 Å². The summed E-state index contributed by atoms with van der Waals surface area (Å²) in [4.78, 5) is 26.1. The third kappa shape index (κ3) is 4.27. The van der Waals surface area contributed by atoms with Crippen LogP contribution in [-0.4, -0.2) is 76.7 Å². The van der Waals surface area contributed by atoms with Gasteiger partial charge in [0.25, 0.3) is 0 Å². The fourth-order valence-electron chi connectivity index (χ4n) is 3.88.